The molecule has 33 heavy (non-hydrogen) atoms. The van der Waals surface area contributed by atoms with E-state index in [1.54, 1.807) is 36.4 Å². The molecule has 0 aliphatic carbocycles. The number of nitrogens with zero attached hydrogens (tertiary/aromatic N) is 1. The van der Waals surface area contributed by atoms with Crippen molar-refractivity contribution in [2.24, 2.45) is 0 Å². The Bertz CT molecular complexity index is 1220. The van der Waals surface area contributed by atoms with Crippen molar-refractivity contribution < 1.29 is 23.5 Å². The minimum absolute atomic E-state index is 0.191. The van der Waals surface area contributed by atoms with E-state index in [1.165, 1.54) is 24.1 Å². The van der Waals surface area contributed by atoms with Gasteiger partial charge in [-0.2, -0.15) is 0 Å². The summed E-state index contributed by atoms with van der Waals surface area (Å²) in [4.78, 5) is 27.1. The van der Waals surface area contributed by atoms with E-state index in [1.807, 2.05) is 31.2 Å². The Labute approximate surface area is 195 Å². The fourth-order valence-electron chi connectivity index (χ4n) is 3.47. The Hall–Kier alpha value is -3.58. The lowest BCUT2D eigenvalue weighted by Gasteiger charge is -2.14. The summed E-state index contributed by atoms with van der Waals surface area (Å²) in [5.41, 5.74) is 3.35. The lowest BCUT2D eigenvalue weighted by atomic mass is 10.1. The van der Waals surface area contributed by atoms with Gasteiger partial charge in [-0.05, 0) is 54.1 Å². The van der Waals surface area contributed by atoms with Crippen LogP contribution in [0.15, 0.2) is 71.6 Å². The number of carbonyl (C=O) groups excluding carboxylic acids is 2. The van der Waals surface area contributed by atoms with Crippen LogP contribution in [0.3, 0.4) is 0 Å². The van der Waals surface area contributed by atoms with Crippen molar-refractivity contribution in [1.29, 1.82) is 0 Å². The van der Waals surface area contributed by atoms with Crippen LogP contribution < -0.4 is 9.47 Å². The second kappa shape index (κ2) is 9.92. The van der Waals surface area contributed by atoms with Crippen LogP contribution >= 0.6 is 11.8 Å². The SMILES string of the molecule is COc1cccc(/C=C2\SC(=O)N(Cc3cccc(C)c3)C2=O)c1OCc1ccc(F)cc1. The first kappa shape index (κ1) is 22.6. The van der Waals surface area contributed by atoms with Gasteiger partial charge in [0.05, 0.1) is 18.6 Å². The zero-order valence-corrected chi connectivity index (χ0v) is 19.0. The largest absolute Gasteiger partial charge is 0.493 e. The van der Waals surface area contributed by atoms with Gasteiger partial charge in [0, 0.05) is 5.56 Å². The fraction of sp³-hybridized carbons (Fsp3) is 0.154. The molecule has 1 fully saturated rings. The molecule has 168 valence electrons. The third-order valence-corrected chi connectivity index (χ3v) is 6.02. The topological polar surface area (TPSA) is 55.8 Å². The highest BCUT2D eigenvalue weighted by molar-refractivity contribution is 8.18. The van der Waals surface area contributed by atoms with Crippen LogP contribution in [0.4, 0.5) is 9.18 Å². The van der Waals surface area contributed by atoms with Crippen molar-refractivity contribution in [3.63, 3.8) is 0 Å². The van der Waals surface area contributed by atoms with Crippen molar-refractivity contribution in [2.45, 2.75) is 20.1 Å². The molecule has 0 atom stereocenters. The van der Waals surface area contributed by atoms with Crippen molar-refractivity contribution in [3.8, 4) is 11.5 Å². The van der Waals surface area contributed by atoms with Gasteiger partial charge in [-0.3, -0.25) is 14.5 Å². The number of imide groups is 1. The van der Waals surface area contributed by atoms with E-state index in [-0.39, 0.29) is 30.1 Å². The Kier molecular flexibility index (Phi) is 6.79. The molecule has 0 radical (unpaired) electrons. The molecular weight excluding hydrogens is 441 g/mol. The molecule has 0 saturated carbocycles. The van der Waals surface area contributed by atoms with Gasteiger partial charge in [0.1, 0.15) is 12.4 Å². The third-order valence-electron chi connectivity index (χ3n) is 5.11. The summed E-state index contributed by atoms with van der Waals surface area (Å²) in [5.74, 6) is 0.261. The molecule has 1 aliphatic heterocycles. The number of rotatable bonds is 7. The van der Waals surface area contributed by atoms with Crippen LogP contribution in [-0.4, -0.2) is 23.2 Å². The van der Waals surface area contributed by atoms with Gasteiger partial charge in [0.2, 0.25) is 0 Å². The normalized spacial score (nSPS) is 14.8. The number of ether oxygens (including phenoxy) is 2. The molecule has 1 heterocycles. The average molecular weight is 464 g/mol. The maximum atomic E-state index is 13.2. The molecule has 0 bridgehead atoms. The molecule has 5 nitrogen and oxygen atoms in total. The summed E-state index contributed by atoms with van der Waals surface area (Å²) in [7, 11) is 1.53. The second-order valence-corrected chi connectivity index (χ2v) is 8.54. The Morgan fingerprint density at radius 2 is 1.76 bits per heavy atom. The highest BCUT2D eigenvalue weighted by Crippen LogP contribution is 2.38. The quantitative estimate of drug-likeness (QED) is 0.405. The highest BCUT2D eigenvalue weighted by Gasteiger charge is 2.35. The van der Waals surface area contributed by atoms with Crippen molar-refractivity contribution >= 4 is 29.0 Å². The van der Waals surface area contributed by atoms with Crippen LogP contribution in [0.25, 0.3) is 6.08 Å². The number of methoxy groups -OCH3 is 1. The number of para-hydroxylation sites is 1. The summed E-state index contributed by atoms with van der Waals surface area (Å²) in [6.45, 7) is 2.37. The summed E-state index contributed by atoms with van der Waals surface area (Å²) in [5, 5.41) is -0.315. The average Bonchev–Trinajstić information content (AvgIpc) is 3.06. The van der Waals surface area contributed by atoms with Gasteiger partial charge < -0.3 is 9.47 Å². The molecule has 0 spiro atoms. The van der Waals surface area contributed by atoms with Crippen LogP contribution in [0, 0.1) is 12.7 Å². The highest BCUT2D eigenvalue weighted by atomic mass is 32.2. The minimum Gasteiger partial charge on any atom is -0.493 e. The fourth-order valence-corrected chi connectivity index (χ4v) is 4.30. The lowest BCUT2D eigenvalue weighted by molar-refractivity contribution is -0.123. The van der Waals surface area contributed by atoms with Crippen LogP contribution in [0.5, 0.6) is 11.5 Å². The molecule has 1 aliphatic rings. The maximum absolute atomic E-state index is 13.2. The van der Waals surface area contributed by atoms with Gasteiger partial charge >= 0.3 is 0 Å². The van der Waals surface area contributed by atoms with Crippen molar-refractivity contribution in [1.82, 2.24) is 4.90 Å². The van der Waals surface area contributed by atoms with Crippen molar-refractivity contribution in [3.05, 3.63) is 99.7 Å². The van der Waals surface area contributed by atoms with Gasteiger partial charge in [-0.15, -0.1) is 0 Å². The summed E-state index contributed by atoms with van der Waals surface area (Å²) in [6.07, 6.45) is 1.64. The lowest BCUT2D eigenvalue weighted by Crippen LogP contribution is -2.27. The first-order valence-electron chi connectivity index (χ1n) is 10.3. The van der Waals surface area contributed by atoms with E-state index in [0.29, 0.717) is 22.0 Å². The smallest absolute Gasteiger partial charge is 0.293 e. The molecule has 0 aromatic heterocycles. The van der Waals surface area contributed by atoms with E-state index in [4.69, 9.17) is 9.47 Å². The number of hydrogen-bond donors (Lipinski definition) is 0. The number of amides is 2. The van der Waals surface area contributed by atoms with Gasteiger partial charge in [0.15, 0.2) is 11.5 Å². The number of thioether (sulfide) groups is 1. The zero-order chi connectivity index (χ0) is 23.4. The van der Waals surface area contributed by atoms with Crippen LogP contribution in [0.2, 0.25) is 0 Å². The standard InChI is InChI=1S/C26H22FNO4S/c1-17-5-3-6-19(13-17)15-28-25(29)23(33-26(28)30)14-20-7-4-8-22(31-2)24(20)32-16-18-9-11-21(27)12-10-18/h3-14H,15-16H2,1-2H3/b23-14-. The number of aryl methyl sites for hydroxylation is 1. The molecule has 4 rings (SSSR count). The molecule has 7 heteroatoms. The first-order valence-corrected chi connectivity index (χ1v) is 11.1. The van der Waals surface area contributed by atoms with Crippen LogP contribution in [-0.2, 0) is 17.9 Å². The second-order valence-electron chi connectivity index (χ2n) is 7.55. The van der Waals surface area contributed by atoms with Gasteiger partial charge in [-0.1, -0.05) is 54.1 Å². The minimum atomic E-state index is -0.348. The molecule has 3 aromatic rings. The van der Waals surface area contributed by atoms with E-state index in [0.717, 1.165) is 28.5 Å². The Morgan fingerprint density at radius 3 is 2.48 bits per heavy atom. The number of benzene rings is 3. The maximum Gasteiger partial charge on any atom is 0.293 e. The predicted molar refractivity (Wildman–Crippen MR) is 126 cm³/mol. The van der Waals surface area contributed by atoms with Gasteiger partial charge in [-0.25, -0.2) is 4.39 Å². The molecular formula is C26H22FNO4S. The van der Waals surface area contributed by atoms with E-state index < -0.39 is 0 Å². The van der Waals surface area contributed by atoms with Crippen LogP contribution in [0.1, 0.15) is 22.3 Å². The van der Waals surface area contributed by atoms with E-state index >= 15 is 0 Å². The summed E-state index contributed by atoms with van der Waals surface area (Å²) in [6, 6.07) is 19.1. The number of hydrogen-bond acceptors (Lipinski definition) is 5. The predicted octanol–water partition coefficient (Wildman–Crippen LogP) is 5.96. The molecule has 0 unspecified atom stereocenters. The molecule has 1 saturated heterocycles. The van der Waals surface area contributed by atoms with E-state index in [2.05, 4.69) is 0 Å². The first-order chi connectivity index (χ1) is 15.9. The molecule has 3 aromatic carbocycles. The Balaban J connectivity index is 1.58. The Morgan fingerprint density at radius 1 is 1.00 bits per heavy atom. The summed E-state index contributed by atoms with van der Waals surface area (Å²) < 4.78 is 24.6. The third kappa shape index (κ3) is 5.26. The number of halogens is 1. The summed E-state index contributed by atoms with van der Waals surface area (Å²) >= 11 is 0.899. The molecule has 0 N–H and O–H groups in total. The van der Waals surface area contributed by atoms with Gasteiger partial charge in [0.25, 0.3) is 11.1 Å². The van der Waals surface area contributed by atoms with Crippen molar-refractivity contribution in [2.75, 3.05) is 7.11 Å². The molecule has 2 amide bonds. The van der Waals surface area contributed by atoms with E-state index in [9.17, 15) is 14.0 Å². The monoisotopic (exact) mass is 463 g/mol. The zero-order valence-electron chi connectivity index (χ0n) is 18.2. The number of carbonyl (C=O) groups is 2.